The number of likely N-dealkylation sites (tertiary alicyclic amines) is 1. The molecule has 208 valence electrons. The van der Waals surface area contributed by atoms with E-state index >= 15 is 4.39 Å². The Morgan fingerprint density at radius 1 is 1.07 bits per heavy atom. The molecule has 6 rings (SSSR count). The van der Waals surface area contributed by atoms with Gasteiger partial charge >= 0.3 is 0 Å². The maximum atomic E-state index is 15.2. The number of fused-ring (bicyclic) bond motifs is 1. The van der Waals surface area contributed by atoms with Crippen molar-refractivity contribution in [1.82, 2.24) is 20.3 Å². The number of hydrogen-bond acceptors (Lipinski definition) is 6. The number of piperidine rings is 1. The minimum absolute atomic E-state index is 0.0742. The van der Waals surface area contributed by atoms with Gasteiger partial charge in [0, 0.05) is 68.3 Å². The number of aromatic nitrogens is 1. The van der Waals surface area contributed by atoms with Gasteiger partial charge in [-0.25, -0.2) is 4.39 Å². The molecule has 3 aliphatic heterocycles. The largest absolute Gasteiger partial charge is 0.490 e. The minimum Gasteiger partial charge on any atom is -0.490 e. The van der Waals surface area contributed by atoms with Crippen molar-refractivity contribution in [1.29, 1.82) is 0 Å². The molecule has 1 N–H and O–H groups in total. The van der Waals surface area contributed by atoms with Gasteiger partial charge in [0.15, 0.2) is 17.3 Å². The smallest absolute Gasteiger partial charge is 0.253 e. The highest BCUT2D eigenvalue weighted by Gasteiger charge is 2.42. The van der Waals surface area contributed by atoms with Gasteiger partial charge in [-0.3, -0.25) is 14.6 Å². The summed E-state index contributed by atoms with van der Waals surface area (Å²) in [6, 6.07) is 12.8. The van der Waals surface area contributed by atoms with E-state index in [1.165, 1.54) is 6.07 Å². The molecule has 40 heavy (non-hydrogen) atoms. The predicted octanol–water partition coefficient (Wildman–Crippen LogP) is 5.05. The van der Waals surface area contributed by atoms with E-state index in [4.69, 9.17) is 21.2 Å². The fraction of sp³-hybridized carbons (Fsp3) is 0.367. The van der Waals surface area contributed by atoms with Gasteiger partial charge in [0.1, 0.15) is 0 Å². The normalized spacial score (nSPS) is 20.1. The van der Waals surface area contributed by atoms with Crippen molar-refractivity contribution in [3.8, 4) is 11.5 Å². The summed E-state index contributed by atoms with van der Waals surface area (Å²) in [5.74, 6) is -0.350. The number of hydrogen-bond donors (Lipinski definition) is 1. The number of carbonyl (C=O) groups excluding carboxylic acids is 2. The molecule has 4 heterocycles. The molecule has 2 aromatic carbocycles. The molecule has 8 nitrogen and oxygen atoms in total. The van der Waals surface area contributed by atoms with E-state index in [1.807, 2.05) is 17.2 Å². The summed E-state index contributed by atoms with van der Waals surface area (Å²) in [5, 5.41) is 5.27. The number of nitrogens with zero attached hydrogens (tertiary/aromatic N) is 3. The fourth-order valence-electron chi connectivity index (χ4n) is 5.91. The molecule has 3 aliphatic rings. The van der Waals surface area contributed by atoms with Gasteiger partial charge in [-0.05, 0) is 48.9 Å². The Labute approximate surface area is 237 Å². The molecular formula is C30H30ClFN4O4. The van der Waals surface area contributed by atoms with E-state index < -0.39 is 11.9 Å². The molecule has 0 aliphatic carbocycles. The Bertz CT molecular complexity index is 1410. The lowest BCUT2D eigenvalue weighted by Crippen LogP contribution is -2.44. The lowest BCUT2D eigenvalue weighted by molar-refractivity contribution is -0.0499. The second kappa shape index (κ2) is 11.1. The number of benzene rings is 2. The zero-order chi connectivity index (χ0) is 27.7. The summed E-state index contributed by atoms with van der Waals surface area (Å²) in [6.45, 7) is 3.05. The zero-order valence-corrected chi connectivity index (χ0v) is 22.7. The molecule has 2 fully saturated rings. The van der Waals surface area contributed by atoms with Crippen molar-refractivity contribution in [3.63, 3.8) is 0 Å². The van der Waals surface area contributed by atoms with Crippen LogP contribution in [-0.4, -0.2) is 59.5 Å². The Morgan fingerprint density at radius 2 is 1.82 bits per heavy atom. The number of rotatable bonds is 5. The summed E-state index contributed by atoms with van der Waals surface area (Å²) in [6.07, 6.45) is 6.55. The summed E-state index contributed by atoms with van der Waals surface area (Å²) < 4.78 is 20.8. The molecule has 0 radical (unpaired) electrons. The van der Waals surface area contributed by atoms with Gasteiger partial charge in [0.25, 0.3) is 11.8 Å². The maximum Gasteiger partial charge on any atom is 0.253 e. The van der Waals surface area contributed by atoms with E-state index in [1.54, 1.807) is 47.6 Å². The first-order chi connectivity index (χ1) is 19.4. The molecule has 0 unspecified atom stereocenters. The van der Waals surface area contributed by atoms with Crippen LogP contribution in [0.15, 0.2) is 60.9 Å². The van der Waals surface area contributed by atoms with Crippen LogP contribution in [-0.2, 0) is 0 Å². The topological polar surface area (TPSA) is 84.0 Å². The zero-order valence-electron chi connectivity index (χ0n) is 21.9. The Morgan fingerprint density at radius 3 is 2.60 bits per heavy atom. The van der Waals surface area contributed by atoms with E-state index in [-0.39, 0.29) is 35.1 Å². The van der Waals surface area contributed by atoms with Gasteiger partial charge in [-0.2, -0.15) is 0 Å². The van der Waals surface area contributed by atoms with E-state index in [9.17, 15) is 9.59 Å². The monoisotopic (exact) mass is 564 g/mol. The first kappa shape index (κ1) is 26.5. The number of halogens is 2. The number of amides is 2. The van der Waals surface area contributed by atoms with Crippen molar-refractivity contribution in [2.75, 3.05) is 32.8 Å². The minimum atomic E-state index is -0.606. The first-order valence-corrected chi connectivity index (χ1v) is 13.9. The van der Waals surface area contributed by atoms with Crippen LogP contribution in [0.1, 0.15) is 58.0 Å². The summed E-state index contributed by atoms with van der Waals surface area (Å²) in [7, 11) is 0. The number of carbonyl (C=O) groups is 2. The van der Waals surface area contributed by atoms with Crippen LogP contribution in [0.3, 0.4) is 0 Å². The summed E-state index contributed by atoms with van der Waals surface area (Å²) in [4.78, 5) is 38.3. The number of nitrogens with one attached hydrogen (secondary N) is 1. The van der Waals surface area contributed by atoms with E-state index in [0.717, 1.165) is 38.1 Å². The van der Waals surface area contributed by atoms with E-state index in [2.05, 4.69) is 10.3 Å². The standard InChI is InChI=1S/C30H30ClFN4O4/c31-24-4-2-1-3-22(24)28(37)34-26-7-16-39-27-23(26)17-20(18-25(27)32)29(38)35-13-8-30(9-14-35)10-15-36(19-30)40-21-5-11-33-12-6-21/h1-6,11-12,17-18,26H,7-10,13-16,19H2,(H,34,37)/t26-/m1/s1. The Hall–Kier alpha value is -3.69. The average Bonchev–Trinajstić information content (AvgIpc) is 3.35. The highest BCUT2D eigenvalue weighted by Crippen LogP contribution is 2.41. The molecular weight excluding hydrogens is 535 g/mol. The SMILES string of the molecule is O=C(N[C@@H]1CCOc2c(F)cc(C(=O)N3CCC4(CCN(Oc5ccncc5)C4)CC3)cc21)c1ccccc1Cl. The van der Waals surface area contributed by atoms with Crippen molar-refractivity contribution in [2.24, 2.45) is 5.41 Å². The van der Waals surface area contributed by atoms with Gasteiger partial charge in [-0.15, -0.1) is 5.06 Å². The van der Waals surface area contributed by atoms with Crippen LogP contribution in [0, 0.1) is 11.2 Å². The van der Waals surface area contributed by atoms with Crippen LogP contribution >= 0.6 is 11.6 Å². The van der Waals surface area contributed by atoms with Crippen LogP contribution in [0.2, 0.25) is 5.02 Å². The molecule has 10 heteroatoms. The number of pyridine rings is 1. The Kier molecular flexibility index (Phi) is 7.33. The van der Waals surface area contributed by atoms with Crippen LogP contribution in [0.4, 0.5) is 4.39 Å². The van der Waals surface area contributed by atoms with E-state index in [0.29, 0.717) is 35.7 Å². The first-order valence-electron chi connectivity index (χ1n) is 13.5. The van der Waals surface area contributed by atoms with Crippen LogP contribution in [0.25, 0.3) is 0 Å². The van der Waals surface area contributed by atoms with Crippen molar-refractivity contribution < 1.29 is 23.6 Å². The highest BCUT2D eigenvalue weighted by atomic mass is 35.5. The van der Waals surface area contributed by atoms with Gasteiger partial charge < -0.3 is 19.8 Å². The quantitative estimate of drug-likeness (QED) is 0.467. The van der Waals surface area contributed by atoms with Crippen LogP contribution in [0.5, 0.6) is 11.5 Å². The molecule has 1 aromatic heterocycles. The molecule has 1 spiro atoms. The van der Waals surface area contributed by atoms with Crippen molar-refractivity contribution >= 4 is 23.4 Å². The second-order valence-electron chi connectivity index (χ2n) is 10.7. The lowest BCUT2D eigenvalue weighted by Gasteiger charge is -2.39. The van der Waals surface area contributed by atoms with Crippen molar-refractivity contribution in [2.45, 2.75) is 31.7 Å². The maximum absolute atomic E-state index is 15.2. The fourth-order valence-corrected chi connectivity index (χ4v) is 6.13. The molecule has 2 amide bonds. The van der Waals surface area contributed by atoms with Gasteiger partial charge in [0.2, 0.25) is 0 Å². The Balaban J connectivity index is 1.13. The summed E-state index contributed by atoms with van der Waals surface area (Å²) >= 11 is 6.20. The molecule has 0 saturated carbocycles. The molecule has 1 atom stereocenters. The third-order valence-corrected chi connectivity index (χ3v) is 8.50. The highest BCUT2D eigenvalue weighted by molar-refractivity contribution is 6.33. The van der Waals surface area contributed by atoms with Crippen LogP contribution < -0.4 is 14.9 Å². The summed E-state index contributed by atoms with van der Waals surface area (Å²) in [5.41, 5.74) is 1.14. The third-order valence-electron chi connectivity index (χ3n) is 8.17. The third kappa shape index (κ3) is 5.36. The average molecular weight is 565 g/mol. The lowest BCUT2D eigenvalue weighted by atomic mass is 9.77. The molecule has 2 saturated heterocycles. The number of hydroxylamine groups is 2. The molecule has 0 bridgehead atoms. The predicted molar refractivity (Wildman–Crippen MR) is 147 cm³/mol. The molecule has 3 aromatic rings. The second-order valence-corrected chi connectivity index (χ2v) is 11.1. The van der Waals surface area contributed by atoms with Crippen molar-refractivity contribution in [3.05, 3.63) is 88.5 Å². The van der Waals surface area contributed by atoms with Gasteiger partial charge in [-0.1, -0.05) is 23.7 Å². The van der Waals surface area contributed by atoms with Gasteiger partial charge in [0.05, 0.1) is 23.2 Å². The number of ether oxygens (including phenoxy) is 1.